The number of amides is 1. The highest BCUT2D eigenvalue weighted by Crippen LogP contribution is 2.27. The summed E-state index contributed by atoms with van der Waals surface area (Å²) in [5.74, 6) is -0.215. The topological polar surface area (TPSA) is 34.0 Å². The molecule has 2 aromatic carbocycles. The lowest BCUT2D eigenvalue weighted by Gasteiger charge is -2.04. The molecule has 0 radical (unpaired) electrons. The van der Waals surface area contributed by atoms with E-state index in [1.807, 2.05) is 42.5 Å². The number of hydrogen-bond acceptors (Lipinski definition) is 1. The molecule has 0 saturated carbocycles. The summed E-state index contributed by atoms with van der Waals surface area (Å²) in [6.07, 6.45) is 7.52. The van der Waals surface area contributed by atoms with Gasteiger partial charge in [-0.15, -0.1) is 0 Å². The number of benzene rings is 2. The standard InChI is InChI=1S/C21H19ClN2O/c1-3-21(25)23-18-11-12-20-19(13-18)16(14-24(20)4-2)8-5-15-6-9-17(22)10-7-15/h3,5-14H,1,4H2,2H3,(H,23,25). The summed E-state index contributed by atoms with van der Waals surface area (Å²) in [5.41, 5.74) is 4.07. The van der Waals surface area contributed by atoms with E-state index in [-0.39, 0.29) is 5.91 Å². The van der Waals surface area contributed by atoms with Gasteiger partial charge in [-0.3, -0.25) is 4.79 Å². The van der Waals surface area contributed by atoms with Crippen LogP contribution in [0.3, 0.4) is 0 Å². The number of anilines is 1. The van der Waals surface area contributed by atoms with Crippen LogP contribution in [-0.4, -0.2) is 10.5 Å². The maximum atomic E-state index is 11.5. The van der Waals surface area contributed by atoms with Crippen LogP contribution in [0.1, 0.15) is 18.1 Å². The smallest absolute Gasteiger partial charge is 0.247 e. The number of halogens is 1. The van der Waals surface area contributed by atoms with Crippen molar-refractivity contribution in [1.29, 1.82) is 0 Å². The second kappa shape index (κ2) is 7.41. The third kappa shape index (κ3) is 3.83. The SMILES string of the molecule is C=CC(=O)Nc1ccc2c(c1)c(C=Cc1ccc(Cl)cc1)cn2CC. The molecule has 0 atom stereocenters. The van der Waals surface area contributed by atoms with E-state index in [9.17, 15) is 4.79 Å². The maximum Gasteiger partial charge on any atom is 0.247 e. The van der Waals surface area contributed by atoms with Crippen LogP contribution in [0.15, 0.2) is 61.3 Å². The Morgan fingerprint density at radius 1 is 1.20 bits per heavy atom. The lowest BCUT2D eigenvalue weighted by Crippen LogP contribution is -2.06. The van der Waals surface area contributed by atoms with Crippen molar-refractivity contribution in [2.24, 2.45) is 0 Å². The van der Waals surface area contributed by atoms with Gasteiger partial charge in [-0.05, 0) is 48.9 Å². The van der Waals surface area contributed by atoms with Gasteiger partial charge in [0.05, 0.1) is 0 Å². The van der Waals surface area contributed by atoms with Gasteiger partial charge in [-0.25, -0.2) is 0 Å². The summed E-state index contributed by atoms with van der Waals surface area (Å²) in [7, 11) is 0. The Kier molecular flexibility index (Phi) is 5.05. The molecule has 1 amide bonds. The van der Waals surface area contributed by atoms with Crippen LogP contribution in [0.25, 0.3) is 23.1 Å². The van der Waals surface area contributed by atoms with Gasteiger partial charge in [0, 0.05) is 39.9 Å². The molecule has 0 aliphatic rings. The van der Waals surface area contributed by atoms with Crippen molar-refractivity contribution in [3.05, 3.63) is 77.5 Å². The number of carbonyl (C=O) groups is 1. The van der Waals surface area contributed by atoms with Crippen molar-refractivity contribution in [3.63, 3.8) is 0 Å². The zero-order chi connectivity index (χ0) is 17.8. The van der Waals surface area contributed by atoms with Crippen molar-refractivity contribution in [2.75, 3.05) is 5.32 Å². The summed E-state index contributed by atoms with van der Waals surface area (Å²) >= 11 is 5.93. The minimum atomic E-state index is -0.215. The molecule has 0 aliphatic carbocycles. The quantitative estimate of drug-likeness (QED) is 0.596. The second-order valence-corrected chi connectivity index (χ2v) is 6.12. The van der Waals surface area contributed by atoms with Crippen LogP contribution >= 0.6 is 11.6 Å². The summed E-state index contributed by atoms with van der Waals surface area (Å²) in [5, 5.41) is 4.63. The summed E-state index contributed by atoms with van der Waals surface area (Å²) in [6.45, 7) is 6.48. The Balaban J connectivity index is 2.00. The number of fused-ring (bicyclic) bond motifs is 1. The predicted octanol–water partition coefficient (Wildman–Crippen LogP) is 5.61. The van der Waals surface area contributed by atoms with E-state index >= 15 is 0 Å². The fraction of sp³-hybridized carbons (Fsp3) is 0.0952. The summed E-state index contributed by atoms with van der Waals surface area (Å²) < 4.78 is 2.19. The van der Waals surface area contributed by atoms with Crippen molar-refractivity contribution in [2.45, 2.75) is 13.5 Å². The van der Waals surface area contributed by atoms with Gasteiger partial charge >= 0.3 is 0 Å². The van der Waals surface area contributed by atoms with E-state index in [2.05, 4.69) is 41.7 Å². The fourth-order valence-corrected chi connectivity index (χ4v) is 2.88. The number of nitrogens with zero attached hydrogens (tertiary/aromatic N) is 1. The van der Waals surface area contributed by atoms with Gasteiger partial charge < -0.3 is 9.88 Å². The van der Waals surface area contributed by atoms with Crippen molar-refractivity contribution < 1.29 is 4.79 Å². The van der Waals surface area contributed by atoms with Crippen LogP contribution in [0, 0.1) is 0 Å². The Labute approximate surface area is 152 Å². The minimum absolute atomic E-state index is 0.215. The molecule has 126 valence electrons. The van der Waals surface area contributed by atoms with Gasteiger partial charge in [0.2, 0.25) is 5.91 Å². The summed E-state index contributed by atoms with van der Waals surface area (Å²) in [6, 6.07) is 13.6. The number of aromatic nitrogens is 1. The zero-order valence-electron chi connectivity index (χ0n) is 14.0. The predicted molar refractivity (Wildman–Crippen MR) is 107 cm³/mol. The minimum Gasteiger partial charge on any atom is -0.347 e. The maximum absolute atomic E-state index is 11.5. The lowest BCUT2D eigenvalue weighted by atomic mass is 10.1. The van der Waals surface area contributed by atoms with Gasteiger partial charge in [0.15, 0.2) is 0 Å². The molecule has 0 bridgehead atoms. The molecule has 3 aromatic rings. The van der Waals surface area contributed by atoms with Gasteiger partial charge in [-0.2, -0.15) is 0 Å². The van der Waals surface area contributed by atoms with Crippen molar-refractivity contribution >= 4 is 46.3 Å². The third-order valence-corrected chi connectivity index (χ3v) is 4.28. The first-order valence-electron chi connectivity index (χ1n) is 8.10. The van der Waals surface area contributed by atoms with Crippen LogP contribution in [-0.2, 0) is 11.3 Å². The van der Waals surface area contributed by atoms with E-state index in [1.54, 1.807) is 0 Å². The highest BCUT2D eigenvalue weighted by molar-refractivity contribution is 6.30. The average Bonchev–Trinajstić information content (AvgIpc) is 2.98. The van der Waals surface area contributed by atoms with E-state index < -0.39 is 0 Å². The number of aryl methyl sites for hydroxylation is 1. The molecule has 0 fully saturated rings. The fourth-order valence-electron chi connectivity index (χ4n) is 2.75. The van der Waals surface area contributed by atoms with Gasteiger partial charge in [0.1, 0.15) is 0 Å². The van der Waals surface area contributed by atoms with E-state index in [4.69, 9.17) is 11.6 Å². The lowest BCUT2D eigenvalue weighted by molar-refractivity contribution is -0.111. The number of hydrogen-bond donors (Lipinski definition) is 1. The molecule has 0 spiro atoms. The van der Waals surface area contributed by atoms with Crippen LogP contribution in [0.2, 0.25) is 5.02 Å². The molecule has 1 N–H and O–H groups in total. The van der Waals surface area contributed by atoms with Crippen LogP contribution in [0.4, 0.5) is 5.69 Å². The molecule has 4 heteroatoms. The van der Waals surface area contributed by atoms with Crippen molar-refractivity contribution in [1.82, 2.24) is 4.57 Å². The van der Waals surface area contributed by atoms with E-state index in [0.717, 1.165) is 39.3 Å². The normalized spacial score (nSPS) is 11.1. The van der Waals surface area contributed by atoms with E-state index in [1.165, 1.54) is 6.08 Å². The number of rotatable bonds is 5. The molecule has 3 rings (SSSR count). The first kappa shape index (κ1) is 17.1. The monoisotopic (exact) mass is 350 g/mol. The highest BCUT2D eigenvalue weighted by atomic mass is 35.5. The van der Waals surface area contributed by atoms with Gasteiger partial charge in [-0.1, -0.05) is 42.5 Å². The van der Waals surface area contributed by atoms with Crippen molar-refractivity contribution in [3.8, 4) is 0 Å². The van der Waals surface area contributed by atoms with Gasteiger partial charge in [0.25, 0.3) is 0 Å². The number of carbonyl (C=O) groups excluding carboxylic acids is 1. The molecule has 0 aliphatic heterocycles. The molecular weight excluding hydrogens is 332 g/mol. The highest BCUT2D eigenvalue weighted by Gasteiger charge is 2.07. The zero-order valence-corrected chi connectivity index (χ0v) is 14.8. The molecule has 0 unspecified atom stereocenters. The van der Waals surface area contributed by atoms with Crippen LogP contribution < -0.4 is 5.32 Å². The molecule has 1 heterocycles. The Bertz CT molecular complexity index is 952. The molecular formula is C21H19ClN2O. The second-order valence-electron chi connectivity index (χ2n) is 5.68. The molecule has 1 aromatic heterocycles. The molecule has 25 heavy (non-hydrogen) atoms. The Morgan fingerprint density at radius 3 is 2.64 bits per heavy atom. The number of nitrogens with one attached hydrogen (secondary N) is 1. The first-order valence-corrected chi connectivity index (χ1v) is 8.48. The molecule has 0 saturated heterocycles. The van der Waals surface area contributed by atoms with Crippen LogP contribution in [0.5, 0.6) is 0 Å². The molecule has 3 nitrogen and oxygen atoms in total. The largest absolute Gasteiger partial charge is 0.347 e. The average molecular weight is 351 g/mol. The van der Waals surface area contributed by atoms with E-state index in [0.29, 0.717) is 0 Å². The Morgan fingerprint density at radius 2 is 1.96 bits per heavy atom. The first-order chi connectivity index (χ1) is 12.1. The third-order valence-electron chi connectivity index (χ3n) is 4.03. The Hall–Kier alpha value is -2.78. The summed E-state index contributed by atoms with van der Waals surface area (Å²) in [4.78, 5) is 11.5.